The lowest BCUT2D eigenvalue weighted by molar-refractivity contribution is -0.0431. The third-order valence-corrected chi connectivity index (χ3v) is 4.25. The molecule has 1 aromatic rings. The Hall–Kier alpha value is -1.38. The largest absolute Gasteiger partial charge is 0.449 e. The van der Waals surface area contributed by atoms with Gasteiger partial charge < -0.3 is 14.8 Å². The molecule has 0 radical (unpaired) electrons. The quantitative estimate of drug-likeness (QED) is 0.866. The van der Waals surface area contributed by atoms with E-state index in [2.05, 4.69) is 31.3 Å². The SMILES string of the molecule is CC1(C)Oc2ccc(NC3CCCC3(C)C)cc2O1. The third kappa shape index (κ3) is 2.38. The number of hydrogen-bond donors (Lipinski definition) is 1. The van der Waals surface area contributed by atoms with Crippen LogP contribution in [0.2, 0.25) is 0 Å². The third-order valence-electron chi connectivity index (χ3n) is 4.25. The minimum Gasteiger partial charge on any atom is -0.449 e. The molecule has 3 nitrogen and oxygen atoms in total. The molecule has 0 aromatic heterocycles. The van der Waals surface area contributed by atoms with Crippen molar-refractivity contribution in [2.75, 3.05) is 5.32 Å². The molecular formula is C16H23NO2. The molecule has 1 N–H and O–H groups in total. The standard InChI is InChI=1S/C16H23NO2/c1-15(2)9-5-6-14(15)17-11-7-8-12-13(10-11)19-16(3,4)18-12/h7-8,10,14,17H,5-6,9H2,1-4H3. The molecule has 19 heavy (non-hydrogen) atoms. The zero-order chi connectivity index (χ0) is 13.7. The lowest BCUT2D eigenvalue weighted by Gasteiger charge is -2.28. The summed E-state index contributed by atoms with van der Waals surface area (Å²) < 4.78 is 11.5. The van der Waals surface area contributed by atoms with Crippen LogP contribution in [0.15, 0.2) is 18.2 Å². The molecule has 0 spiro atoms. The lowest BCUT2D eigenvalue weighted by atomic mass is 9.87. The van der Waals surface area contributed by atoms with Crippen molar-refractivity contribution in [1.82, 2.24) is 0 Å². The highest BCUT2D eigenvalue weighted by Gasteiger charge is 2.35. The van der Waals surface area contributed by atoms with Crippen LogP contribution < -0.4 is 14.8 Å². The first-order chi connectivity index (χ1) is 8.86. The van der Waals surface area contributed by atoms with Gasteiger partial charge in [-0.2, -0.15) is 0 Å². The molecule has 1 heterocycles. The highest BCUT2D eigenvalue weighted by molar-refractivity contribution is 5.56. The van der Waals surface area contributed by atoms with Crippen molar-refractivity contribution in [2.24, 2.45) is 5.41 Å². The van der Waals surface area contributed by atoms with E-state index >= 15 is 0 Å². The van der Waals surface area contributed by atoms with Crippen LogP contribution in [0.5, 0.6) is 11.5 Å². The van der Waals surface area contributed by atoms with Gasteiger partial charge in [-0.1, -0.05) is 20.3 Å². The first kappa shape index (κ1) is 12.6. The maximum Gasteiger partial charge on any atom is 0.246 e. The van der Waals surface area contributed by atoms with E-state index in [9.17, 15) is 0 Å². The summed E-state index contributed by atoms with van der Waals surface area (Å²) in [5.74, 6) is 1.13. The summed E-state index contributed by atoms with van der Waals surface area (Å²) in [6.45, 7) is 8.54. The summed E-state index contributed by atoms with van der Waals surface area (Å²) in [7, 11) is 0. The molecule has 1 saturated carbocycles. The summed E-state index contributed by atoms with van der Waals surface area (Å²) in [6.07, 6.45) is 3.84. The van der Waals surface area contributed by atoms with E-state index in [4.69, 9.17) is 9.47 Å². The highest BCUT2D eigenvalue weighted by Crippen LogP contribution is 2.43. The minimum atomic E-state index is -0.548. The average molecular weight is 261 g/mol. The predicted octanol–water partition coefficient (Wildman–Crippen LogP) is 4.18. The van der Waals surface area contributed by atoms with Crippen molar-refractivity contribution in [3.8, 4) is 11.5 Å². The first-order valence-corrected chi connectivity index (χ1v) is 7.14. The molecule has 3 heteroatoms. The van der Waals surface area contributed by atoms with E-state index in [1.807, 2.05) is 19.9 Å². The molecule has 104 valence electrons. The Morgan fingerprint density at radius 3 is 2.53 bits per heavy atom. The van der Waals surface area contributed by atoms with Crippen LogP contribution >= 0.6 is 0 Å². The molecule has 1 unspecified atom stereocenters. The van der Waals surface area contributed by atoms with E-state index in [0.29, 0.717) is 11.5 Å². The molecule has 1 aliphatic carbocycles. The number of anilines is 1. The zero-order valence-electron chi connectivity index (χ0n) is 12.2. The predicted molar refractivity (Wildman–Crippen MR) is 76.8 cm³/mol. The van der Waals surface area contributed by atoms with Gasteiger partial charge in [0.1, 0.15) is 0 Å². The van der Waals surface area contributed by atoms with Crippen LogP contribution in [0, 0.1) is 5.41 Å². The molecule has 0 amide bonds. The first-order valence-electron chi connectivity index (χ1n) is 7.14. The van der Waals surface area contributed by atoms with Crippen LogP contribution in [-0.4, -0.2) is 11.8 Å². The van der Waals surface area contributed by atoms with Crippen LogP contribution in [0.25, 0.3) is 0 Å². The molecule has 1 atom stereocenters. The molecule has 0 saturated heterocycles. The van der Waals surface area contributed by atoms with Gasteiger partial charge in [-0.05, 0) is 30.4 Å². The Bertz CT molecular complexity index is 494. The summed E-state index contributed by atoms with van der Waals surface area (Å²) in [5, 5.41) is 3.65. The summed E-state index contributed by atoms with van der Waals surface area (Å²) >= 11 is 0. The van der Waals surface area contributed by atoms with Gasteiger partial charge in [0.2, 0.25) is 5.79 Å². The zero-order valence-corrected chi connectivity index (χ0v) is 12.2. The number of nitrogens with one attached hydrogen (secondary N) is 1. The molecule has 1 aliphatic heterocycles. The maximum absolute atomic E-state index is 5.79. The monoisotopic (exact) mass is 261 g/mol. The van der Waals surface area contributed by atoms with Crippen molar-refractivity contribution in [2.45, 2.75) is 58.8 Å². The maximum atomic E-state index is 5.79. The van der Waals surface area contributed by atoms with E-state index in [-0.39, 0.29) is 0 Å². The van der Waals surface area contributed by atoms with Gasteiger partial charge in [0.25, 0.3) is 0 Å². The summed E-state index contributed by atoms with van der Waals surface area (Å²) in [5.41, 5.74) is 1.50. The fourth-order valence-electron chi connectivity index (χ4n) is 3.11. The smallest absolute Gasteiger partial charge is 0.246 e. The molecule has 1 aromatic carbocycles. The topological polar surface area (TPSA) is 30.5 Å². The fourth-order valence-corrected chi connectivity index (χ4v) is 3.11. The number of ether oxygens (including phenoxy) is 2. The van der Waals surface area contributed by atoms with Crippen molar-refractivity contribution in [1.29, 1.82) is 0 Å². The van der Waals surface area contributed by atoms with E-state index in [1.165, 1.54) is 19.3 Å². The highest BCUT2D eigenvalue weighted by atomic mass is 16.7. The Morgan fingerprint density at radius 2 is 1.84 bits per heavy atom. The van der Waals surface area contributed by atoms with E-state index < -0.39 is 5.79 Å². The van der Waals surface area contributed by atoms with Crippen LogP contribution in [0.3, 0.4) is 0 Å². The van der Waals surface area contributed by atoms with Gasteiger partial charge in [0.05, 0.1) is 0 Å². The van der Waals surface area contributed by atoms with Crippen LogP contribution in [0.4, 0.5) is 5.69 Å². The minimum absolute atomic E-state index is 0.371. The second-order valence-electron chi connectivity index (χ2n) is 6.84. The van der Waals surface area contributed by atoms with Gasteiger partial charge in [-0.25, -0.2) is 0 Å². The number of benzene rings is 1. The number of fused-ring (bicyclic) bond motifs is 1. The van der Waals surface area contributed by atoms with E-state index in [1.54, 1.807) is 0 Å². The Morgan fingerprint density at radius 1 is 1.11 bits per heavy atom. The van der Waals surface area contributed by atoms with Crippen molar-refractivity contribution in [3.63, 3.8) is 0 Å². The van der Waals surface area contributed by atoms with Crippen LogP contribution in [0.1, 0.15) is 47.0 Å². The van der Waals surface area contributed by atoms with Gasteiger partial charge in [-0.15, -0.1) is 0 Å². The van der Waals surface area contributed by atoms with Crippen LogP contribution in [-0.2, 0) is 0 Å². The Labute approximate surface area is 115 Å². The van der Waals surface area contributed by atoms with Gasteiger partial charge in [0, 0.05) is 31.6 Å². The molecule has 0 bridgehead atoms. The molecular weight excluding hydrogens is 238 g/mol. The van der Waals surface area contributed by atoms with Crippen molar-refractivity contribution < 1.29 is 9.47 Å². The Balaban J connectivity index is 1.78. The van der Waals surface area contributed by atoms with Crippen molar-refractivity contribution in [3.05, 3.63) is 18.2 Å². The normalized spacial score (nSPS) is 26.4. The lowest BCUT2D eigenvalue weighted by Crippen LogP contribution is -2.30. The van der Waals surface area contributed by atoms with E-state index in [0.717, 1.165) is 17.2 Å². The average Bonchev–Trinajstić information content (AvgIpc) is 2.77. The van der Waals surface area contributed by atoms with Gasteiger partial charge in [0.15, 0.2) is 11.5 Å². The van der Waals surface area contributed by atoms with Gasteiger partial charge >= 0.3 is 0 Å². The molecule has 3 rings (SSSR count). The molecule has 1 fully saturated rings. The summed E-state index contributed by atoms with van der Waals surface area (Å²) in [4.78, 5) is 0. The number of rotatable bonds is 2. The number of hydrogen-bond acceptors (Lipinski definition) is 3. The second-order valence-corrected chi connectivity index (χ2v) is 6.84. The second kappa shape index (κ2) is 4.06. The van der Waals surface area contributed by atoms with Gasteiger partial charge in [-0.3, -0.25) is 0 Å². The fraction of sp³-hybridized carbons (Fsp3) is 0.625. The van der Waals surface area contributed by atoms with Crippen molar-refractivity contribution >= 4 is 5.69 Å². The summed E-state index contributed by atoms with van der Waals surface area (Å²) in [6, 6.07) is 6.67. The Kier molecular flexibility index (Phi) is 2.70. The molecule has 2 aliphatic rings.